The van der Waals surface area contributed by atoms with Crippen LogP contribution in [0.4, 0.5) is 10.1 Å². The van der Waals surface area contributed by atoms with Crippen LogP contribution in [-0.4, -0.2) is 100 Å². The summed E-state index contributed by atoms with van der Waals surface area (Å²) >= 11 is 0. The van der Waals surface area contributed by atoms with Crippen LogP contribution >= 0.6 is 0 Å². The number of amides is 5. The molecule has 0 radical (unpaired) electrons. The molecule has 2 aliphatic heterocycles. The van der Waals surface area contributed by atoms with E-state index in [0.717, 1.165) is 64.2 Å². The smallest absolute Gasteiger partial charge is 0.272 e. The Morgan fingerprint density at radius 1 is 0.754 bits per heavy atom. The van der Waals surface area contributed by atoms with Gasteiger partial charge in [-0.1, -0.05) is 87.8 Å². The van der Waals surface area contributed by atoms with Crippen molar-refractivity contribution in [2.75, 3.05) is 44.6 Å². The maximum atomic E-state index is 14.9. The Balaban J connectivity index is 0.703. The molecule has 0 bridgehead atoms. The lowest BCUT2D eigenvalue weighted by atomic mass is 9.82. The van der Waals surface area contributed by atoms with Crippen LogP contribution in [0, 0.1) is 17.7 Å². The number of rotatable bonds is 20. The summed E-state index contributed by atoms with van der Waals surface area (Å²) in [4.78, 5) is 105. The van der Waals surface area contributed by atoms with Crippen molar-refractivity contribution in [1.29, 1.82) is 0 Å². The Morgan fingerprint density at radius 3 is 2.15 bits per heavy atom. The number of aromatic amines is 1. The second-order valence-electron chi connectivity index (χ2n) is 17.2. The van der Waals surface area contributed by atoms with Crippen LogP contribution in [0.2, 0.25) is 0 Å². The molecule has 2 atom stereocenters. The zero-order valence-corrected chi connectivity index (χ0v) is 36.6. The van der Waals surface area contributed by atoms with Gasteiger partial charge < -0.3 is 20.4 Å². The molecule has 5 amide bonds. The molecule has 4 aromatic rings. The molecular weight excluding hydrogens is 834 g/mol. The van der Waals surface area contributed by atoms with Gasteiger partial charge >= 0.3 is 0 Å². The van der Waals surface area contributed by atoms with Gasteiger partial charge in [0, 0.05) is 56.4 Å². The van der Waals surface area contributed by atoms with E-state index in [4.69, 9.17) is 0 Å². The summed E-state index contributed by atoms with van der Waals surface area (Å²) in [5.74, 6) is -5.41. The summed E-state index contributed by atoms with van der Waals surface area (Å²) in [5, 5.41) is 16.0. The molecule has 2 unspecified atom stereocenters. The predicted octanol–water partition coefficient (Wildman–Crippen LogP) is 5.50. The minimum atomic E-state index is -1.20. The molecule has 342 valence electrons. The molecule has 1 aliphatic carbocycles. The lowest BCUT2D eigenvalue weighted by Gasteiger charge is -2.35. The number of carbonyl (C=O) groups excluding carboxylic acids is 7. The van der Waals surface area contributed by atoms with E-state index in [2.05, 4.69) is 26.1 Å². The topological polar surface area (TPSA) is 208 Å². The number of hydrogen-bond donors (Lipinski definition) is 4. The zero-order valence-electron chi connectivity index (χ0n) is 36.6. The van der Waals surface area contributed by atoms with Gasteiger partial charge in [-0.05, 0) is 55.6 Å². The fraction of sp³-hybridized carbons (Fsp3) is 0.449. The number of H-pyrrole nitrogens is 1. The van der Waals surface area contributed by atoms with E-state index < -0.39 is 46.9 Å². The number of benzene rings is 3. The highest BCUT2D eigenvalue weighted by atomic mass is 19.1. The van der Waals surface area contributed by atoms with E-state index in [1.165, 1.54) is 12.1 Å². The van der Waals surface area contributed by atoms with E-state index in [1.807, 2.05) is 12.1 Å². The minimum absolute atomic E-state index is 0.0232. The molecule has 3 heterocycles. The number of hydrogen-bond acceptors (Lipinski definition) is 10. The van der Waals surface area contributed by atoms with Gasteiger partial charge in [0.1, 0.15) is 5.82 Å². The van der Waals surface area contributed by atoms with Crippen LogP contribution in [0.3, 0.4) is 0 Å². The van der Waals surface area contributed by atoms with Crippen molar-refractivity contribution < 1.29 is 38.0 Å². The lowest BCUT2D eigenvalue weighted by molar-refractivity contribution is -0.137. The number of piperazine rings is 1. The molecule has 2 fully saturated rings. The highest BCUT2D eigenvalue weighted by Gasteiger charge is 2.48. The van der Waals surface area contributed by atoms with Crippen LogP contribution < -0.4 is 21.5 Å². The number of imide groups is 1. The molecular formula is C49H56FN7O8. The third-order valence-corrected chi connectivity index (χ3v) is 12.7. The van der Waals surface area contributed by atoms with E-state index in [0.29, 0.717) is 67.6 Å². The molecule has 16 heteroatoms. The number of aromatic nitrogens is 2. The summed E-state index contributed by atoms with van der Waals surface area (Å²) in [7, 11) is 0. The number of nitrogens with one attached hydrogen (secondary N) is 4. The Morgan fingerprint density at radius 2 is 1.43 bits per heavy atom. The minimum Gasteiger partial charge on any atom is -0.339 e. The maximum Gasteiger partial charge on any atom is 0.272 e. The number of carbonyl (C=O) groups is 7. The summed E-state index contributed by atoms with van der Waals surface area (Å²) < 4.78 is 14.9. The van der Waals surface area contributed by atoms with Gasteiger partial charge in [0.05, 0.1) is 46.3 Å². The summed E-state index contributed by atoms with van der Waals surface area (Å²) in [6.45, 7) is 2.18. The van der Waals surface area contributed by atoms with Gasteiger partial charge in [-0.15, -0.1) is 0 Å². The molecule has 65 heavy (non-hydrogen) atoms. The molecule has 3 aromatic carbocycles. The average molecular weight is 890 g/mol. The second-order valence-corrected chi connectivity index (χ2v) is 17.2. The first kappa shape index (κ1) is 46.6. The van der Waals surface area contributed by atoms with Gasteiger partial charge in [-0.25, -0.2) is 9.49 Å². The van der Waals surface area contributed by atoms with Gasteiger partial charge in [0.2, 0.25) is 23.6 Å². The number of anilines is 1. The van der Waals surface area contributed by atoms with Crippen LogP contribution in [0.25, 0.3) is 10.8 Å². The fourth-order valence-corrected chi connectivity index (χ4v) is 9.13. The fourth-order valence-electron chi connectivity index (χ4n) is 9.13. The number of halogens is 1. The van der Waals surface area contributed by atoms with Crippen molar-refractivity contribution in [3.63, 3.8) is 0 Å². The quantitative estimate of drug-likeness (QED) is 0.0498. The van der Waals surface area contributed by atoms with Crippen LogP contribution in [-0.2, 0) is 25.6 Å². The third kappa shape index (κ3) is 11.5. The molecule has 15 nitrogen and oxygen atoms in total. The number of piperidine rings is 1. The molecule has 3 aliphatic rings. The third-order valence-electron chi connectivity index (χ3n) is 12.7. The normalized spacial score (nSPS) is 17.4. The Kier molecular flexibility index (Phi) is 15.7. The first-order valence-corrected chi connectivity index (χ1v) is 22.9. The first-order valence-electron chi connectivity index (χ1n) is 22.9. The average Bonchev–Trinajstić information content (AvgIpc) is 3.56. The Labute approximate surface area is 376 Å². The van der Waals surface area contributed by atoms with Crippen LogP contribution in [0.15, 0.2) is 65.5 Å². The van der Waals surface area contributed by atoms with Crippen molar-refractivity contribution in [3.8, 4) is 0 Å². The SMILES string of the molecule is O=C1CCC(C2C(=O)c3cccc(NC(=O)CNCCCCCCCCCCCCC(=O)N4CCN(C(=O)c5cc(Cc6n[nH]c(=O)c7ccccc67)ccc5F)CC4)c3C2=O)C(=O)N1. The zero-order chi connectivity index (χ0) is 45.9. The summed E-state index contributed by atoms with van der Waals surface area (Å²) in [6, 6.07) is 16.3. The molecule has 4 N–H and O–H groups in total. The van der Waals surface area contributed by atoms with E-state index in [1.54, 1.807) is 46.2 Å². The van der Waals surface area contributed by atoms with Crippen LogP contribution in [0.5, 0.6) is 0 Å². The lowest BCUT2D eigenvalue weighted by Crippen LogP contribution is -2.50. The number of ketones is 2. The number of nitrogens with zero attached hydrogens (tertiary/aromatic N) is 3. The van der Waals surface area contributed by atoms with Crippen LogP contribution in [0.1, 0.15) is 126 Å². The molecule has 0 saturated carbocycles. The van der Waals surface area contributed by atoms with Gasteiger partial charge in [0.25, 0.3) is 11.5 Å². The first-order chi connectivity index (χ1) is 31.5. The van der Waals surface area contributed by atoms with Gasteiger partial charge in [-0.3, -0.25) is 43.7 Å². The highest BCUT2D eigenvalue weighted by Crippen LogP contribution is 2.38. The standard InChI is InChI=1S/C49H56FN7O8/c50-37-21-19-31(29-39-32-14-10-11-15-33(32)48(64)55-54-39)28-36(37)49(65)57-26-24-56(25-27-57)42(60)18-9-7-5-3-1-2-4-6-8-12-23-51-30-41(59)52-38-17-13-16-34-43(38)46(62)44(45(34)61)35-20-22-40(58)53-47(35)63/h10-11,13-17,19,21,28,35,44,51H,1-9,12,18,20,22-27,29-30H2,(H,52,59)(H,55,64)(H,53,58,63). The van der Waals surface area contributed by atoms with E-state index in [9.17, 15) is 42.7 Å². The second kappa shape index (κ2) is 22.0. The predicted molar refractivity (Wildman–Crippen MR) is 241 cm³/mol. The molecule has 0 spiro atoms. The van der Waals surface area contributed by atoms with Crippen molar-refractivity contribution in [2.24, 2.45) is 11.8 Å². The van der Waals surface area contributed by atoms with Gasteiger partial charge in [0.15, 0.2) is 11.6 Å². The van der Waals surface area contributed by atoms with Crippen molar-refractivity contribution in [1.82, 2.24) is 30.6 Å². The summed E-state index contributed by atoms with van der Waals surface area (Å²) in [5.41, 5.74) is 1.54. The molecule has 1 aromatic heterocycles. The Bertz CT molecular complexity index is 2520. The number of Topliss-reactive ketones (excluding diaryl/α,β-unsaturated/α-hetero) is 2. The maximum absolute atomic E-state index is 14.9. The van der Waals surface area contributed by atoms with Gasteiger partial charge in [-0.2, -0.15) is 5.10 Å². The largest absolute Gasteiger partial charge is 0.339 e. The number of fused-ring (bicyclic) bond motifs is 2. The Hall–Kier alpha value is -6.42. The van der Waals surface area contributed by atoms with Crippen molar-refractivity contribution in [2.45, 2.75) is 89.9 Å². The monoisotopic (exact) mass is 889 g/mol. The highest BCUT2D eigenvalue weighted by molar-refractivity contribution is 6.30. The van der Waals surface area contributed by atoms with E-state index in [-0.39, 0.29) is 59.1 Å². The van der Waals surface area contributed by atoms with Crippen molar-refractivity contribution in [3.05, 3.63) is 105 Å². The van der Waals surface area contributed by atoms with Crippen molar-refractivity contribution >= 4 is 57.6 Å². The van der Waals surface area contributed by atoms with E-state index >= 15 is 0 Å². The number of unbranched alkanes of at least 4 members (excludes halogenated alkanes) is 9. The summed E-state index contributed by atoms with van der Waals surface area (Å²) in [6.07, 6.45) is 11.4. The molecule has 2 saturated heterocycles. The molecule has 7 rings (SSSR count).